The van der Waals surface area contributed by atoms with E-state index in [1.807, 2.05) is 18.2 Å². The summed E-state index contributed by atoms with van der Waals surface area (Å²) in [5, 5.41) is 7.15. The van der Waals surface area contributed by atoms with Gasteiger partial charge in [0.15, 0.2) is 11.5 Å². The van der Waals surface area contributed by atoms with Crippen LogP contribution in [0.4, 0.5) is 10.1 Å². The molecule has 0 saturated carbocycles. The number of aromatic nitrogens is 2. The fourth-order valence-corrected chi connectivity index (χ4v) is 3.01. The van der Waals surface area contributed by atoms with Crippen molar-refractivity contribution in [3.63, 3.8) is 0 Å². The smallest absolute Gasteiger partial charge is 0.248 e. The van der Waals surface area contributed by atoms with Gasteiger partial charge in [0, 0.05) is 23.4 Å². The minimum absolute atomic E-state index is 0.158. The Morgan fingerprint density at radius 1 is 1.24 bits per heavy atom. The summed E-state index contributed by atoms with van der Waals surface area (Å²) in [7, 11) is 3.15. The molecule has 29 heavy (non-hydrogen) atoms. The Hall–Kier alpha value is -3.32. The maximum absolute atomic E-state index is 13.8. The first kappa shape index (κ1) is 20.4. The molecule has 8 heteroatoms. The zero-order valence-corrected chi connectivity index (χ0v) is 16.6. The Morgan fingerprint density at radius 3 is 2.76 bits per heavy atom. The molecule has 0 fully saturated rings. The minimum atomic E-state index is -0.499. The number of rotatable bonds is 7. The summed E-state index contributed by atoms with van der Waals surface area (Å²) in [5.41, 5.74) is 1.54. The molecular formula is C21H19ClFN3O3. The summed E-state index contributed by atoms with van der Waals surface area (Å²) < 4.78 is 26.1. The summed E-state index contributed by atoms with van der Waals surface area (Å²) in [6.45, 7) is 0.427. The van der Waals surface area contributed by atoms with Crippen LogP contribution in [0.15, 0.2) is 54.9 Å². The maximum Gasteiger partial charge on any atom is 0.248 e. The van der Waals surface area contributed by atoms with Gasteiger partial charge in [-0.3, -0.25) is 9.48 Å². The predicted octanol–water partition coefficient (Wildman–Crippen LogP) is 4.39. The summed E-state index contributed by atoms with van der Waals surface area (Å²) in [6.07, 6.45) is 5.75. The van der Waals surface area contributed by atoms with Crippen molar-refractivity contribution in [2.75, 3.05) is 19.5 Å². The first-order valence-corrected chi connectivity index (χ1v) is 9.05. The number of nitrogens with one attached hydrogen (secondary N) is 1. The van der Waals surface area contributed by atoms with Crippen LogP contribution in [0.1, 0.15) is 11.1 Å². The molecule has 2 aromatic carbocycles. The second kappa shape index (κ2) is 9.25. The molecule has 0 saturated heterocycles. The first-order valence-electron chi connectivity index (χ1n) is 8.67. The zero-order chi connectivity index (χ0) is 20.8. The van der Waals surface area contributed by atoms with Crippen molar-refractivity contribution < 1.29 is 18.7 Å². The number of hydrogen-bond acceptors (Lipinski definition) is 4. The molecule has 1 aromatic heterocycles. The number of anilines is 1. The molecular weight excluding hydrogens is 397 g/mol. The first-order chi connectivity index (χ1) is 14.0. The van der Waals surface area contributed by atoms with E-state index in [2.05, 4.69) is 10.4 Å². The average molecular weight is 416 g/mol. The molecule has 3 rings (SSSR count). The van der Waals surface area contributed by atoms with Crippen LogP contribution in [0.2, 0.25) is 5.02 Å². The van der Waals surface area contributed by atoms with Crippen molar-refractivity contribution in [1.82, 2.24) is 9.78 Å². The van der Waals surface area contributed by atoms with Crippen molar-refractivity contribution in [3.8, 4) is 11.5 Å². The Bertz CT molecular complexity index is 1030. The van der Waals surface area contributed by atoms with Gasteiger partial charge in [0.05, 0.1) is 37.7 Å². The van der Waals surface area contributed by atoms with Crippen molar-refractivity contribution in [3.05, 3.63) is 76.8 Å². The van der Waals surface area contributed by atoms with Crippen molar-refractivity contribution in [2.45, 2.75) is 6.54 Å². The Morgan fingerprint density at radius 2 is 2.03 bits per heavy atom. The van der Waals surface area contributed by atoms with Gasteiger partial charge in [-0.05, 0) is 24.3 Å². The standard InChI is InChI=1S/C21H19ClFN3O3/c1-28-19-8-3-5-14(21(19)29-2)12-26-13-15(11-24-26)25-20(27)10-9-16-17(22)6-4-7-18(16)23/h3-11,13H,12H2,1-2H3,(H,25,27)/b10-9+. The van der Waals surface area contributed by atoms with Crippen molar-refractivity contribution in [2.24, 2.45) is 0 Å². The molecule has 0 spiro atoms. The van der Waals surface area contributed by atoms with Crippen LogP contribution in [0.5, 0.6) is 11.5 Å². The Kier molecular flexibility index (Phi) is 6.51. The highest BCUT2D eigenvalue weighted by Gasteiger charge is 2.11. The van der Waals surface area contributed by atoms with Gasteiger partial charge in [-0.2, -0.15) is 5.10 Å². The second-order valence-electron chi connectivity index (χ2n) is 6.04. The van der Waals surface area contributed by atoms with Crippen LogP contribution < -0.4 is 14.8 Å². The number of para-hydroxylation sites is 1. The van der Waals surface area contributed by atoms with E-state index in [0.29, 0.717) is 23.7 Å². The van der Waals surface area contributed by atoms with E-state index in [-0.39, 0.29) is 10.6 Å². The summed E-state index contributed by atoms with van der Waals surface area (Å²) in [5.74, 6) is 0.327. The number of benzene rings is 2. The lowest BCUT2D eigenvalue weighted by atomic mass is 10.2. The zero-order valence-electron chi connectivity index (χ0n) is 15.9. The fraction of sp³-hybridized carbons (Fsp3) is 0.143. The number of ether oxygens (including phenoxy) is 2. The highest BCUT2D eigenvalue weighted by molar-refractivity contribution is 6.32. The van der Waals surface area contributed by atoms with Gasteiger partial charge in [0.25, 0.3) is 0 Å². The minimum Gasteiger partial charge on any atom is -0.493 e. The van der Waals surface area contributed by atoms with E-state index in [0.717, 1.165) is 5.56 Å². The van der Waals surface area contributed by atoms with Gasteiger partial charge in [0.1, 0.15) is 5.82 Å². The molecule has 0 bridgehead atoms. The molecule has 6 nitrogen and oxygen atoms in total. The molecule has 0 aliphatic heterocycles. The highest BCUT2D eigenvalue weighted by atomic mass is 35.5. The molecule has 0 radical (unpaired) electrons. The second-order valence-corrected chi connectivity index (χ2v) is 6.44. The molecule has 0 aliphatic carbocycles. The fourth-order valence-electron chi connectivity index (χ4n) is 2.78. The number of methoxy groups -OCH3 is 2. The third-order valence-electron chi connectivity index (χ3n) is 4.12. The van der Waals surface area contributed by atoms with E-state index in [4.69, 9.17) is 21.1 Å². The van der Waals surface area contributed by atoms with Gasteiger partial charge < -0.3 is 14.8 Å². The monoisotopic (exact) mass is 415 g/mol. The molecule has 0 atom stereocenters. The van der Waals surface area contributed by atoms with E-state index >= 15 is 0 Å². The van der Waals surface area contributed by atoms with Crippen LogP contribution in [0.3, 0.4) is 0 Å². The lowest BCUT2D eigenvalue weighted by Gasteiger charge is -2.12. The van der Waals surface area contributed by atoms with Crippen LogP contribution in [-0.2, 0) is 11.3 Å². The molecule has 0 unspecified atom stereocenters. The molecule has 3 aromatic rings. The van der Waals surface area contributed by atoms with E-state index in [9.17, 15) is 9.18 Å². The number of carbonyl (C=O) groups is 1. The largest absolute Gasteiger partial charge is 0.493 e. The molecule has 0 aliphatic rings. The number of amides is 1. The molecule has 1 heterocycles. The number of hydrogen-bond donors (Lipinski definition) is 1. The van der Waals surface area contributed by atoms with Gasteiger partial charge in [0.2, 0.25) is 5.91 Å². The SMILES string of the molecule is COc1cccc(Cn2cc(NC(=O)/C=C/c3c(F)cccc3Cl)cn2)c1OC. The third-order valence-corrected chi connectivity index (χ3v) is 4.45. The normalized spacial score (nSPS) is 10.9. The van der Waals surface area contributed by atoms with Crippen molar-refractivity contribution in [1.29, 1.82) is 0 Å². The van der Waals surface area contributed by atoms with Crippen molar-refractivity contribution >= 4 is 29.3 Å². The van der Waals surface area contributed by atoms with Crippen LogP contribution in [0, 0.1) is 5.82 Å². The van der Waals surface area contributed by atoms with Gasteiger partial charge in [-0.15, -0.1) is 0 Å². The molecule has 1 amide bonds. The number of halogens is 2. The summed E-state index contributed by atoms with van der Waals surface area (Å²) >= 11 is 5.94. The summed E-state index contributed by atoms with van der Waals surface area (Å²) in [4.78, 5) is 12.1. The van der Waals surface area contributed by atoms with Gasteiger partial charge in [-0.25, -0.2) is 4.39 Å². The Labute approximate surface area is 172 Å². The number of nitrogens with zero attached hydrogens (tertiary/aromatic N) is 2. The van der Waals surface area contributed by atoms with E-state index in [1.165, 1.54) is 30.5 Å². The van der Waals surface area contributed by atoms with Gasteiger partial charge in [-0.1, -0.05) is 29.8 Å². The summed E-state index contributed by atoms with van der Waals surface area (Å²) in [6, 6.07) is 9.91. The van der Waals surface area contributed by atoms with Crippen LogP contribution in [-0.4, -0.2) is 29.9 Å². The van der Waals surface area contributed by atoms with E-state index in [1.54, 1.807) is 31.2 Å². The number of carbonyl (C=O) groups excluding carboxylic acids is 1. The Balaban J connectivity index is 1.68. The quantitative estimate of drug-likeness (QED) is 0.581. The topological polar surface area (TPSA) is 65.4 Å². The van der Waals surface area contributed by atoms with Gasteiger partial charge >= 0.3 is 0 Å². The highest BCUT2D eigenvalue weighted by Crippen LogP contribution is 2.31. The molecule has 150 valence electrons. The lowest BCUT2D eigenvalue weighted by Crippen LogP contribution is -2.07. The van der Waals surface area contributed by atoms with E-state index < -0.39 is 11.7 Å². The lowest BCUT2D eigenvalue weighted by molar-refractivity contribution is -0.111. The van der Waals surface area contributed by atoms with Crippen LogP contribution in [0.25, 0.3) is 6.08 Å². The maximum atomic E-state index is 13.8. The third kappa shape index (κ3) is 4.94. The average Bonchev–Trinajstić information content (AvgIpc) is 3.14. The molecule has 1 N–H and O–H groups in total. The predicted molar refractivity (Wildman–Crippen MR) is 110 cm³/mol. The van der Waals surface area contributed by atoms with Crippen LogP contribution >= 0.6 is 11.6 Å².